The molecule has 0 aliphatic heterocycles. The highest BCUT2D eigenvalue weighted by Gasteiger charge is 2.26. The van der Waals surface area contributed by atoms with E-state index in [2.05, 4.69) is 27.8 Å². The van der Waals surface area contributed by atoms with Crippen molar-refractivity contribution in [1.82, 2.24) is 25.5 Å². The smallest absolute Gasteiger partial charge is 0.233 e. The van der Waals surface area contributed by atoms with Gasteiger partial charge in [-0.2, -0.15) is 4.68 Å². The Morgan fingerprint density at radius 3 is 2.72 bits per heavy atom. The number of hydrogen-bond donors (Lipinski definition) is 1. The first-order valence-corrected chi connectivity index (χ1v) is 9.75. The third kappa shape index (κ3) is 4.39. The fourth-order valence-electron chi connectivity index (χ4n) is 3.14. The molecule has 6 nitrogen and oxygen atoms in total. The minimum atomic E-state index is -0.246. The van der Waals surface area contributed by atoms with Gasteiger partial charge in [-0.1, -0.05) is 49.2 Å². The normalized spacial score (nSPS) is 21.7. The van der Waals surface area contributed by atoms with Crippen molar-refractivity contribution < 1.29 is 4.79 Å². The zero-order valence-corrected chi connectivity index (χ0v) is 15.8. The molecule has 3 atom stereocenters. The molecule has 7 heteroatoms. The molecule has 0 unspecified atom stereocenters. The number of aryl methyl sites for hydroxylation is 1. The summed E-state index contributed by atoms with van der Waals surface area (Å²) in [5, 5.41) is 15.5. The highest BCUT2D eigenvalue weighted by molar-refractivity contribution is 8.00. The van der Waals surface area contributed by atoms with Crippen molar-refractivity contribution in [3.05, 3.63) is 29.8 Å². The summed E-state index contributed by atoms with van der Waals surface area (Å²) in [6.45, 7) is 6.17. The van der Waals surface area contributed by atoms with Crippen molar-refractivity contribution in [1.29, 1.82) is 0 Å². The number of hydrogen-bond acceptors (Lipinski definition) is 5. The van der Waals surface area contributed by atoms with Crippen LogP contribution in [-0.2, 0) is 4.79 Å². The fourth-order valence-corrected chi connectivity index (χ4v) is 3.96. The standard InChI is InChI=1S/C18H25N5OS/c1-12-8-10-15(11-9-12)23-18(20-21-22-23)25-14(3)17(24)19-16-7-5-4-6-13(16)2/h8-11,13-14,16H,4-7H2,1-3H3,(H,19,24)/t13-,14+,16+/m0/s1. The molecule has 1 saturated carbocycles. The molecule has 0 saturated heterocycles. The van der Waals surface area contributed by atoms with Crippen LogP contribution in [0, 0.1) is 12.8 Å². The van der Waals surface area contributed by atoms with Crippen molar-refractivity contribution in [2.45, 2.75) is 62.9 Å². The van der Waals surface area contributed by atoms with E-state index in [1.165, 1.54) is 36.6 Å². The van der Waals surface area contributed by atoms with Crippen molar-refractivity contribution in [3.63, 3.8) is 0 Å². The van der Waals surface area contributed by atoms with Gasteiger partial charge in [-0.25, -0.2) is 0 Å². The van der Waals surface area contributed by atoms with Crippen LogP contribution in [0.15, 0.2) is 29.4 Å². The van der Waals surface area contributed by atoms with E-state index in [1.807, 2.05) is 38.1 Å². The Hall–Kier alpha value is -1.89. The summed E-state index contributed by atoms with van der Waals surface area (Å²) >= 11 is 1.39. The zero-order chi connectivity index (χ0) is 17.8. The van der Waals surface area contributed by atoms with Crippen LogP contribution in [-0.4, -0.2) is 37.4 Å². The van der Waals surface area contributed by atoms with Crippen molar-refractivity contribution in [2.75, 3.05) is 0 Å². The molecule has 134 valence electrons. The predicted molar refractivity (Wildman–Crippen MR) is 98.8 cm³/mol. The van der Waals surface area contributed by atoms with E-state index in [0.717, 1.165) is 12.1 Å². The van der Waals surface area contributed by atoms with Gasteiger partial charge in [-0.05, 0) is 55.2 Å². The van der Waals surface area contributed by atoms with Gasteiger partial charge in [0.05, 0.1) is 10.9 Å². The lowest BCUT2D eigenvalue weighted by Gasteiger charge is -2.30. The Morgan fingerprint density at radius 2 is 2.00 bits per heavy atom. The van der Waals surface area contributed by atoms with E-state index >= 15 is 0 Å². The first-order valence-electron chi connectivity index (χ1n) is 8.87. The summed E-state index contributed by atoms with van der Waals surface area (Å²) in [6.07, 6.45) is 4.73. The molecule has 1 aromatic carbocycles. The summed E-state index contributed by atoms with van der Waals surface area (Å²) in [5.41, 5.74) is 2.08. The first-order chi connectivity index (χ1) is 12.0. The molecule has 0 radical (unpaired) electrons. The van der Waals surface area contributed by atoms with E-state index in [-0.39, 0.29) is 17.2 Å². The maximum atomic E-state index is 12.6. The number of aromatic nitrogens is 4. The van der Waals surface area contributed by atoms with E-state index in [1.54, 1.807) is 4.68 Å². The van der Waals surface area contributed by atoms with Gasteiger partial charge in [-0.3, -0.25) is 4.79 Å². The van der Waals surface area contributed by atoms with Crippen LogP contribution in [0.5, 0.6) is 0 Å². The first kappa shape index (κ1) is 17.9. The Labute approximate surface area is 152 Å². The van der Waals surface area contributed by atoms with Crippen LogP contribution in [0.1, 0.15) is 45.1 Å². The van der Waals surface area contributed by atoms with Crippen LogP contribution in [0.25, 0.3) is 5.69 Å². The Morgan fingerprint density at radius 1 is 1.28 bits per heavy atom. The molecule has 0 spiro atoms. The molecule has 0 bridgehead atoms. The predicted octanol–water partition coefficient (Wildman–Crippen LogP) is 3.15. The third-order valence-electron chi connectivity index (χ3n) is 4.81. The highest BCUT2D eigenvalue weighted by Crippen LogP contribution is 2.26. The van der Waals surface area contributed by atoms with E-state index in [0.29, 0.717) is 11.1 Å². The molecule has 1 fully saturated rings. The molecular formula is C18H25N5OS. The lowest BCUT2D eigenvalue weighted by atomic mass is 9.86. The van der Waals surface area contributed by atoms with Gasteiger partial charge in [0.25, 0.3) is 0 Å². The number of benzene rings is 1. The number of carbonyl (C=O) groups excluding carboxylic acids is 1. The highest BCUT2D eigenvalue weighted by atomic mass is 32.2. The number of carbonyl (C=O) groups is 1. The van der Waals surface area contributed by atoms with Crippen LogP contribution in [0.3, 0.4) is 0 Å². The van der Waals surface area contributed by atoms with Crippen LogP contribution >= 0.6 is 11.8 Å². The summed E-state index contributed by atoms with van der Waals surface area (Å²) in [5.74, 6) is 0.606. The molecule has 2 aromatic rings. The van der Waals surface area contributed by atoms with Crippen molar-refractivity contribution in [3.8, 4) is 5.69 Å². The Balaban J connectivity index is 1.65. The van der Waals surface area contributed by atoms with Crippen molar-refractivity contribution >= 4 is 17.7 Å². The maximum absolute atomic E-state index is 12.6. The molecule has 1 N–H and O–H groups in total. The van der Waals surface area contributed by atoms with Crippen LogP contribution in [0.4, 0.5) is 0 Å². The number of tetrazole rings is 1. The van der Waals surface area contributed by atoms with Gasteiger partial charge in [0, 0.05) is 6.04 Å². The zero-order valence-electron chi connectivity index (χ0n) is 15.0. The van der Waals surface area contributed by atoms with Crippen LogP contribution in [0.2, 0.25) is 0 Å². The molecule has 3 rings (SSSR count). The molecule has 1 heterocycles. The summed E-state index contributed by atoms with van der Waals surface area (Å²) < 4.78 is 1.68. The number of rotatable bonds is 5. The van der Waals surface area contributed by atoms with Crippen LogP contribution < -0.4 is 5.32 Å². The van der Waals surface area contributed by atoms with Gasteiger partial charge < -0.3 is 5.32 Å². The number of nitrogens with one attached hydrogen (secondary N) is 1. The number of thioether (sulfide) groups is 1. The second-order valence-corrected chi connectivity index (χ2v) is 8.15. The van der Waals surface area contributed by atoms with Crippen molar-refractivity contribution in [2.24, 2.45) is 5.92 Å². The average molecular weight is 359 g/mol. The van der Waals surface area contributed by atoms with Gasteiger partial charge in [0.15, 0.2) is 0 Å². The summed E-state index contributed by atoms with van der Waals surface area (Å²) in [4.78, 5) is 12.6. The number of amides is 1. The van der Waals surface area contributed by atoms with Gasteiger partial charge in [-0.15, -0.1) is 5.10 Å². The van der Waals surface area contributed by atoms with Gasteiger partial charge in [0.2, 0.25) is 11.1 Å². The van der Waals surface area contributed by atoms with E-state index < -0.39 is 0 Å². The van der Waals surface area contributed by atoms with Gasteiger partial charge in [0.1, 0.15) is 0 Å². The monoisotopic (exact) mass is 359 g/mol. The Bertz CT molecular complexity index is 715. The minimum absolute atomic E-state index is 0.0576. The van der Waals surface area contributed by atoms with E-state index in [4.69, 9.17) is 0 Å². The molecular weight excluding hydrogens is 334 g/mol. The van der Waals surface area contributed by atoms with E-state index in [9.17, 15) is 4.79 Å². The molecule has 1 amide bonds. The average Bonchev–Trinajstić information content (AvgIpc) is 3.05. The quantitative estimate of drug-likeness (QED) is 0.830. The molecule has 1 aromatic heterocycles. The lowest BCUT2D eigenvalue weighted by Crippen LogP contribution is -2.44. The second-order valence-electron chi connectivity index (χ2n) is 6.85. The largest absolute Gasteiger partial charge is 0.352 e. The maximum Gasteiger partial charge on any atom is 0.233 e. The number of nitrogens with zero attached hydrogens (tertiary/aromatic N) is 4. The summed E-state index contributed by atoms with van der Waals surface area (Å²) in [7, 11) is 0. The third-order valence-corrected chi connectivity index (χ3v) is 5.84. The molecule has 25 heavy (non-hydrogen) atoms. The molecule has 1 aliphatic rings. The minimum Gasteiger partial charge on any atom is -0.352 e. The topological polar surface area (TPSA) is 72.7 Å². The SMILES string of the molecule is Cc1ccc(-n2nnnc2S[C@H](C)C(=O)N[C@@H]2CCCC[C@@H]2C)cc1. The lowest BCUT2D eigenvalue weighted by molar-refractivity contribution is -0.121. The fraction of sp³-hybridized carbons (Fsp3) is 0.556. The van der Waals surface area contributed by atoms with Gasteiger partial charge >= 0.3 is 0 Å². The Kier molecular flexibility index (Phi) is 5.73. The summed E-state index contributed by atoms with van der Waals surface area (Å²) in [6, 6.07) is 8.28. The second kappa shape index (κ2) is 7.99. The molecule has 1 aliphatic carbocycles.